The Balaban J connectivity index is 1.25. The molecule has 1 heterocycles. The van der Waals surface area contributed by atoms with E-state index in [1.807, 2.05) is 24.3 Å². The van der Waals surface area contributed by atoms with Gasteiger partial charge < -0.3 is 4.74 Å². The van der Waals surface area contributed by atoms with Gasteiger partial charge in [-0.25, -0.2) is 9.69 Å². The van der Waals surface area contributed by atoms with Crippen molar-refractivity contribution in [1.82, 2.24) is 0 Å². The Hall–Kier alpha value is -4.84. The number of ether oxygens (including phenoxy) is 1. The maximum atomic E-state index is 14.0. The Kier molecular flexibility index (Phi) is 5.13. The van der Waals surface area contributed by atoms with Crippen molar-refractivity contribution in [2.75, 3.05) is 4.90 Å². The third-order valence-corrected chi connectivity index (χ3v) is 8.26. The van der Waals surface area contributed by atoms with Gasteiger partial charge in [0, 0.05) is 11.8 Å². The Morgan fingerprint density at radius 1 is 0.667 bits per heavy atom. The van der Waals surface area contributed by atoms with Crippen LogP contribution in [0.25, 0.3) is 0 Å². The predicted octanol–water partition coefficient (Wildman–Crippen LogP) is 5.51. The molecule has 0 radical (unpaired) electrons. The summed E-state index contributed by atoms with van der Waals surface area (Å²) < 4.78 is 5.54. The van der Waals surface area contributed by atoms with Crippen LogP contribution in [-0.2, 0) is 9.59 Å². The molecule has 2 bridgehead atoms. The number of rotatable bonds is 4. The van der Waals surface area contributed by atoms with Gasteiger partial charge in [-0.15, -0.1) is 0 Å². The number of ketones is 1. The van der Waals surface area contributed by atoms with Gasteiger partial charge in [0.1, 0.15) is 5.75 Å². The molecule has 8 rings (SSSR count). The highest BCUT2D eigenvalue weighted by atomic mass is 16.5. The molecular weight excluding hydrogens is 490 g/mol. The van der Waals surface area contributed by atoms with Crippen LogP contribution < -0.4 is 9.64 Å². The minimum Gasteiger partial charge on any atom is -0.422 e. The van der Waals surface area contributed by atoms with E-state index in [1.54, 1.807) is 42.5 Å². The molecule has 2 amide bonds. The fourth-order valence-corrected chi connectivity index (χ4v) is 6.71. The van der Waals surface area contributed by atoms with Gasteiger partial charge in [-0.2, -0.15) is 0 Å². The second kappa shape index (κ2) is 8.60. The highest BCUT2D eigenvalue weighted by Crippen LogP contribution is 2.61. The zero-order valence-corrected chi connectivity index (χ0v) is 21.0. The molecule has 0 aromatic heterocycles. The lowest BCUT2D eigenvalue weighted by atomic mass is 9.55. The number of nitrogens with zero attached hydrogens (tertiary/aromatic N) is 1. The number of carbonyl (C=O) groups excluding carboxylic acids is 4. The molecule has 39 heavy (non-hydrogen) atoms. The Morgan fingerprint density at radius 3 is 1.72 bits per heavy atom. The van der Waals surface area contributed by atoms with Gasteiger partial charge in [0.25, 0.3) is 0 Å². The Morgan fingerprint density at radius 2 is 1.18 bits per heavy atom. The molecule has 0 spiro atoms. The van der Waals surface area contributed by atoms with Crippen LogP contribution in [0, 0.1) is 11.8 Å². The normalized spacial score (nSPS) is 22.2. The highest BCUT2D eigenvalue weighted by Gasteiger charge is 2.61. The van der Waals surface area contributed by atoms with Crippen molar-refractivity contribution in [1.29, 1.82) is 0 Å². The third kappa shape index (κ3) is 3.34. The van der Waals surface area contributed by atoms with E-state index in [2.05, 4.69) is 24.3 Å². The number of esters is 1. The average molecular weight is 514 g/mol. The van der Waals surface area contributed by atoms with Gasteiger partial charge >= 0.3 is 5.97 Å². The summed E-state index contributed by atoms with van der Waals surface area (Å²) in [5, 5.41) is 0. The molecule has 190 valence electrons. The van der Waals surface area contributed by atoms with E-state index in [1.165, 1.54) is 17.9 Å². The van der Waals surface area contributed by atoms with Crippen molar-refractivity contribution >= 4 is 29.3 Å². The second-order valence-electron chi connectivity index (χ2n) is 10.3. The van der Waals surface area contributed by atoms with Crippen molar-refractivity contribution in [2.45, 2.75) is 18.8 Å². The first-order valence-corrected chi connectivity index (χ1v) is 12.9. The van der Waals surface area contributed by atoms with Crippen LogP contribution in [0.1, 0.15) is 61.7 Å². The van der Waals surface area contributed by atoms with Crippen molar-refractivity contribution in [2.24, 2.45) is 11.8 Å². The number of hydrogen-bond acceptors (Lipinski definition) is 5. The number of amides is 2. The van der Waals surface area contributed by atoms with Crippen LogP contribution in [-0.4, -0.2) is 23.6 Å². The minimum atomic E-state index is -0.679. The van der Waals surface area contributed by atoms with E-state index in [-0.39, 0.29) is 40.7 Å². The number of benzene rings is 4. The van der Waals surface area contributed by atoms with Crippen LogP contribution in [0.5, 0.6) is 5.75 Å². The van der Waals surface area contributed by atoms with Gasteiger partial charge in [0.2, 0.25) is 11.8 Å². The lowest BCUT2D eigenvalue weighted by Crippen LogP contribution is -2.41. The standard InChI is InChI=1S/C33H23NO5/c1-18(35)21-11-6-7-16-26(21)39-33(38)19-9-8-10-20(17-19)34-31(36)29-27-22-12-2-3-13-23(22)28(30(29)32(34)37)25-15-5-4-14-24(25)27/h2-17,27-30H,1H3/t27?,28?,29-,30+. The van der Waals surface area contributed by atoms with E-state index in [4.69, 9.17) is 4.74 Å². The zero-order valence-electron chi connectivity index (χ0n) is 21.0. The molecule has 4 aromatic carbocycles. The molecule has 0 N–H and O–H groups in total. The molecule has 4 aliphatic rings. The van der Waals surface area contributed by atoms with Crippen molar-refractivity contribution in [3.63, 3.8) is 0 Å². The number of imide groups is 1. The van der Waals surface area contributed by atoms with Crippen LogP contribution in [0.2, 0.25) is 0 Å². The van der Waals surface area contributed by atoms with Crippen LogP contribution in [0.15, 0.2) is 97.1 Å². The smallest absolute Gasteiger partial charge is 0.343 e. The van der Waals surface area contributed by atoms with Crippen molar-refractivity contribution < 1.29 is 23.9 Å². The third-order valence-electron chi connectivity index (χ3n) is 8.26. The largest absolute Gasteiger partial charge is 0.422 e. The molecule has 6 nitrogen and oxygen atoms in total. The van der Waals surface area contributed by atoms with Gasteiger partial charge in [-0.05, 0) is 59.5 Å². The lowest BCUT2D eigenvalue weighted by Gasteiger charge is -2.45. The SMILES string of the molecule is CC(=O)c1ccccc1OC(=O)c1cccc(N2C(=O)[C@@H]3C4c5ccccc5C(c5ccccc54)[C@@H]3C2=O)c1. The van der Waals surface area contributed by atoms with E-state index < -0.39 is 17.8 Å². The first-order valence-electron chi connectivity index (χ1n) is 12.9. The fraction of sp³-hybridized carbons (Fsp3) is 0.152. The number of Topliss-reactive ketones (excluding diaryl/α,β-unsaturated/α-hetero) is 1. The van der Waals surface area contributed by atoms with Gasteiger partial charge in [-0.1, -0.05) is 66.7 Å². The summed E-state index contributed by atoms with van der Waals surface area (Å²) >= 11 is 0. The molecule has 0 saturated carbocycles. The summed E-state index contributed by atoms with van der Waals surface area (Å²) in [4.78, 5) is 54.3. The first-order chi connectivity index (χ1) is 19.0. The molecule has 4 aromatic rings. The second-order valence-corrected chi connectivity index (χ2v) is 10.3. The quantitative estimate of drug-likeness (QED) is 0.156. The molecule has 2 atom stereocenters. The molecule has 6 heteroatoms. The highest BCUT2D eigenvalue weighted by molar-refractivity contribution is 6.23. The van der Waals surface area contributed by atoms with Crippen LogP contribution in [0.4, 0.5) is 5.69 Å². The summed E-state index contributed by atoms with van der Waals surface area (Å²) in [6, 6.07) is 29.1. The Labute approximate surface area is 224 Å². The molecule has 1 fully saturated rings. The zero-order chi connectivity index (χ0) is 26.8. The van der Waals surface area contributed by atoms with Crippen molar-refractivity contribution in [3.8, 4) is 5.75 Å². The van der Waals surface area contributed by atoms with Crippen LogP contribution in [0.3, 0.4) is 0 Å². The van der Waals surface area contributed by atoms with Crippen molar-refractivity contribution in [3.05, 3.63) is 130 Å². The summed E-state index contributed by atoms with van der Waals surface area (Å²) in [7, 11) is 0. The molecule has 1 saturated heterocycles. The average Bonchev–Trinajstić information content (AvgIpc) is 3.23. The van der Waals surface area contributed by atoms with E-state index in [9.17, 15) is 19.2 Å². The molecule has 1 aliphatic heterocycles. The molecule has 0 unspecified atom stereocenters. The van der Waals surface area contributed by atoms with Gasteiger partial charge in [0.05, 0.1) is 28.7 Å². The lowest BCUT2D eigenvalue weighted by molar-refractivity contribution is -0.122. The van der Waals surface area contributed by atoms with E-state index in [0.717, 1.165) is 22.3 Å². The number of hydrogen-bond donors (Lipinski definition) is 0. The van der Waals surface area contributed by atoms with Crippen LogP contribution >= 0.6 is 0 Å². The van der Waals surface area contributed by atoms with Gasteiger partial charge in [-0.3, -0.25) is 14.4 Å². The predicted molar refractivity (Wildman–Crippen MR) is 144 cm³/mol. The maximum Gasteiger partial charge on any atom is 0.343 e. The Bertz CT molecular complexity index is 1610. The number of para-hydroxylation sites is 1. The molecule has 3 aliphatic carbocycles. The summed E-state index contributed by atoms with van der Waals surface area (Å²) in [5.41, 5.74) is 5.22. The van der Waals surface area contributed by atoms with Gasteiger partial charge in [0.15, 0.2) is 5.78 Å². The minimum absolute atomic E-state index is 0.159. The summed E-state index contributed by atoms with van der Waals surface area (Å²) in [6.07, 6.45) is 0. The number of carbonyl (C=O) groups is 4. The topological polar surface area (TPSA) is 80.8 Å². The maximum absolute atomic E-state index is 14.0. The summed E-state index contributed by atoms with van der Waals surface area (Å²) in [5.74, 6) is -2.67. The fourth-order valence-electron chi connectivity index (χ4n) is 6.71. The molecular formula is C33H23NO5. The monoisotopic (exact) mass is 513 g/mol. The van der Waals surface area contributed by atoms with E-state index >= 15 is 0 Å². The van der Waals surface area contributed by atoms with E-state index in [0.29, 0.717) is 11.3 Å². The first kappa shape index (κ1) is 23.3. The number of anilines is 1. The summed E-state index contributed by atoms with van der Waals surface area (Å²) in [6.45, 7) is 1.40.